The van der Waals surface area contributed by atoms with E-state index in [1.54, 1.807) is 6.92 Å². The van der Waals surface area contributed by atoms with Crippen LogP contribution in [0.3, 0.4) is 0 Å². The minimum atomic E-state index is -0.875. The van der Waals surface area contributed by atoms with E-state index in [1.165, 1.54) is 0 Å². The van der Waals surface area contributed by atoms with Gasteiger partial charge in [0.15, 0.2) is 0 Å². The van der Waals surface area contributed by atoms with Crippen molar-refractivity contribution in [1.82, 2.24) is 5.32 Å². The van der Waals surface area contributed by atoms with Gasteiger partial charge in [-0.15, -0.1) is 0 Å². The van der Waals surface area contributed by atoms with Gasteiger partial charge in [-0.05, 0) is 31.2 Å². The molecule has 0 spiro atoms. The van der Waals surface area contributed by atoms with E-state index >= 15 is 0 Å². The number of halogens is 1. The number of benzene rings is 1. The van der Waals surface area contributed by atoms with Crippen LogP contribution in [0.5, 0.6) is 0 Å². The predicted octanol–water partition coefficient (Wildman–Crippen LogP) is 3.27. The second kappa shape index (κ2) is 6.04. The molecule has 0 aliphatic carbocycles. The molecule has 0 radical (unpaired) electrons. The molecule has 5 heteroatoms. The lowest BCUT2D eigenvalue weighted by Crippen LogP contribution is -2.32. The standard InChI is InChI=1S/C14H14BrNO3/c1-9(14(17)18)16-8-12-6-7-13(19-12)10-2-4-11(15)5-3-10/h2-7,9,16H,8H2,1H3,(H,17,18). The van der Waals surface area contributed by atoms with Crippen LogP contribution in [0.25, 0.3) is 11.3 Å². The van der Waals surface area contributed by atoms with Crippen molar-refractivity contribution >= 4 is 21.9 Å². The maximum atomic E-state index is 10.7. The molecular formula is C14H14BrNO3. The second-order valence-corrected chi connectivity index (χ2v) is 5.13. The van der Waals surface area contributed by atoms with Crippen LogP contribution in [0.1, 0.15) is 12.7 Å². The highest BCUT2D eigenvalue weighted by molar-refractivity contribution is 9.10. The van der Waals surface area contributed by atoms with Crippen molar-refractivity contribution in [2.45, 2.75) is 19.5 Å². The van der Waals surface area contributed by atoms with Crippen LogP contribution in [-0.2, 0) is 11.3 Å². The smallest absolute Gasteiger partial charge is 0.320 e. The Morgan fingerprint density at radius 3 is 2.63 bits per heavy atom. The third kappa shape index (κ3) is 3.68. The van der Waals surface area contributed by atoms with E-state index in [9.17, 15) is 4.79 Å². The Labute approximate surface area is 119 Å². The highest BCUT2D eigenvalue weighted by Crippen LogP contribution is 2.23. The van der Waals surface area contributed by atoms with Crippen molar-refractivity contribution in [2.75, 3.05) is 0 Å². The lowest BCUT2D eigenvalue weighted by molar-refractivity contribution is -0.139. The lowest BCUT2D eigenvalue weighted by atomic mass is 10.2. The molecule has 1 aromatic carbocycles. The van der Waals surface area contributed by atoms with Crippen molar-refractivity contribution in [3.05, 3.63) is 46.6 Å². The Kier molecular flexibility index (Phi) is 4.39. The molecule has 100 valence electrons. The Bertz CT molecular complexity index is 562. The molecule has 0 saturated carbocycles. The van der Waals surface area contributed by atoms with Gasteiger partial charge in [0.1, 0.15) is 17.6 Å². The topological polar surface area (TPSA) is 62.5 Å². The molecule has 1 unspecified atom stereocenters. The monoisotopic (exact) mass is 323 g/mol. The summed E-state index contributed by atoms with van der Waals surface area (Å²) in [5.74, 6) is 0.609. The second-order valence-electron chi connectivity index (χ2n) is 4.21. The van der Waals surface area contributed by atoms with Crippen LogP contribution in [0.4, 0.5) is 0 Å². The number of aliphatic carboxylic acids is 1. The summed E-state index contributed by atoms with van der Waals surface area (Å²) in [5.41, 5.74) is 0.987. The third-order valence-corrected chi connectivity index (χ3v) is 3.27. The largest absolute Gasteiger partial charge is 0.480 e. The van der Waals surface area contributed by atoms with Gasteiger partial charge in [0, 0.05) is 10.0 Å². The average molecular weight is 324 g/mol. The van der Waals surface area contributed by atoms with Gasteiger partial charge in [-0.2, -0.15) is 0 Å². The molecule has 0 saturated heterocycles. The summed E-state index contributed by atoms with van der Waals surface area (Å²) in [6.07, 6.45) is 0. The maximum Gasteiger partial charge on any atom is 0.320 e. The first-order valence-electron chi connectivity index (χ1n) is 5.87. The zero-order valence-corrected chi connectivity index (χ0v) is 12.0. The van der Waals surface area contributed by atoms with Gasteiger partial charge in [-0.3, -0.25) is 10.1 Å². The molecule has 2 rings (SSSR count). The molecule has 0 aliphatic rings. The minimum absolute atomic E-state index is 0.393. The summed E-state index contributed by atoms with van der Waals surface area (Å²) in [5, 5.41) is 11.6. The number of furan rings is 1. The van der Waals surface area contributed by atoms with E-state index in [0.29, 0.717) is 12.3 Å². The van der Waals surface area contributed by atoms with Crippen molar-refractivity contribution in [2.24, 2.45) is 0 Å². The van der Waals surface area contributed by atoms with E-state index in [4.69, 9.17) is 9.52 Å². The summed E-state index contributed by atoms with van der Waals surface area (Å²) < 4.78 is 6.68. The number of nitrogens with one attached hydrogen (secondary N) is 1. The zero-order chi connectivity index (χ0) is 13.8. The van der Waals surface area contributed by atoms with Crippen LogP contribution in [-0.4, -0.2) is 17.1 Å². The number of carbonyl (C=O) groups is 1. The number of hydrogen-bond acceptors (Lipinski definition) is 3. The molecular weight excluding hydrogens is 310 g/mol. The van der Waals surface area contributed by atoms with E-state index in [2.05, 4.69) is 21.2 Å². The summed E-state index contributed by atoms with van der Waals surface area (Å²) >= 11 is 3.38. The van der Waals surface area contributed by atoms with Gasteiger partial charge in [-0.25, -0.2) is 0 Å². The number of carboxylic acids is 1. The van der Waals surface area contributed by atoms with Gasteiger partial charge < -0.3 is 9.52 Å². The van der Waals surface area contributed by atoms with Gasteiger partial charge in [0.2, 0.25) is 0 Å². The minimum Gasteiger partial charge on any atom is -0.480 e. The number of rotatable bonds is 5. The average Bonchev–Trinajstić information content (AvgIpc) is 2.85. The highest BCUT2D eigenvalue weighted by Gasteiger charge is 2.11. The Morgan fingerprint density at radius 1 is 1.32 bits per heavy atom. The first kappa shape index (κ1) is 13.8. The quantitative estimate of drug-likeness (QED) is 0.886. The van der Waals surface area contributed by atoms with E-state index in [1.807, 2.05) is 36.4 Å². The van der Waals surface area contributed by atoms with Crippen LogP contribution >= 0.6 is 15.9 Å². The van der Waals surface area contributed by atoms with Crippen LogP contribution in [0.15, 0.2) is 45.3 Å². The molecule has 0 fully saturated rings. The van der Waals surface area contributed by atoms with Crippen LogP contribution in [0, 0.1) is 0 Å². The third-order valence-electron chi connectivity index (χ3n) is 2.74. The van der Waals surface area contributed by atoms with Crippen molar-refractivity contribution < 1.29 is 14.3 Å². The maximum absolute atomic E-state index is 10.7. The van der Waals surface area contributed by atoms with Gasteiger partial charge in [0.05, 0.1) is 6.54 Å². The van der Waals surface area contributed by atoms with Gasteiger partial charge in [-0.1, -0.05) is 28.1 Å². The summed E-state index contributed by atoms with van der Waals surface area (Å²) in [4.78, 5) is 10.7. The number of carboxylic acid groups (broad SMARTS) is 1. The van der Waals surface area contributed by atoms with Gasteiger partial charge in [0.25, 0.3) is 0 Å². The van der Waals surface area contributed by atoms with Crippen molar-refractivity contribution in [3.8, 4) is 11.3 Å². The highest BCUT2D eigenvalue weighted by atomic mass is 79.9. The number of hydrogen-bond donors (Lipinski definition) is 2. The van der Waals surface area contributed by atoms with E-state index in [0.717, 1.165) is 15.8 Å². The molecule has 1 heterocycles. The summed E-state index contributed by atoms with van der Waals surface area (Å²) in [7, 11) is 0. The zero-order valence-electron chi connectivity index (χ0n) is 10.4. The molecule has 2 aromatic rings. The molecule has 1 aromatic heterocycles. The van der Waals surface area contributed by atoms with E-state index < -0.39 is 12.0 Å². The molecule has 0 bridgehead atoms. The van der Waals surface area contributed by atoms with E-state index in [-0.39, 0.29) is 0 Å². The molecule has 0 amide bonds. The molecule has 2 N–H and O–H groups in total. The van der Waals surface area contributed by atoms with Crippen LogP contribution < -0.4 is 5.32 Å². The van der Waals surface area contributed by atoms with Crippen LogP contribution in [0.2, 0.25) is 0 Å². The SMILES string of the molecule is CC(NCc1ccc(-c2ccc(Br)cc2)o1)C(=O)O. The molecule has 0 aliphatic heterocycles. The first-order valence-corrected chi connectivity index (χ1v) is 6.66. The Morgan fingerprint density at radius 2 is 2.00 bits per heavy atom. The normalized spacial score (nSPS) is 12.3. The predicted molar refractivity (Wildman–Crippen MR) is 75.8 cm³/mol. The lowest BCUT2D eigenvalue weighted by Gasteiger charge is -2.06. The van der Waals surface area contributed by atoms with Gasteiger partial charge >= 0.3 is 5.97 Å². The molecule has 4 nitrogen and oxygen atoms in total. The molecule has 19 heavy (non-hydrogen) atoms. The van der Waals surface area contributed by atoms with Crippen molar-refractivity contribution in [1.29, 1.82) is 0 Å². The summed E-state index contributed by atoms with van der Waals surface area (Å²) in [6, 6.07) is 10.9. The first-order chi connectivity index (χ1) is 9.06. The van der Waals surface area contributed by atoms with Crippen molar-refractivity contribution in [3.63, 3.8) is 0 Å². The Balaban J connectivity index is 2.03. The molecule has 1 atom stereocenters. The fraction of sp³-hybridized carbons (Fsp3) is 0.214. The Hall–Kier alpha value is -1.59. The fourth-order valence-electron chi connectivity index (χ4n) is 1.58. The summed E-state index contributed by atoms with van der Waals surface area (Å²) in [6.45, 7) is 1.99. The fourth-order valence-corrected chi connectivity index (χ4v) is 1.85.